The van der Waals surface area contributed by atoms with Crippen molar-refractivity contribution in [2.24, 2.45) is 5.73 Å². The van der Waals surface area contributed by atoms with E-state index < -0.39 is 12.1 Å². The summed E-state index contributed by atoms with van der Waals surface area (Å²) in [5.74, 6) is 1.42. The Bertz CT molecular complexity index is 811. The third-order valence-corrected chi connectivity index (χ3v) is 9.49. The molecule has 190 valence electrons. The minimum Gasteiger partial charge on any atom is -0.354 e. The second-order valence-corrected chi connectivity index (χ2v) is 11.8. The van der Waals surface area contributed by atoms with Crippen LogP contribution in [0.3, 0.4) is 0 Å². The molecule has 0 saturated carbocycles. The van der Waals surface area contributed by atoms with Crippen molar-refractivity contribution in [1.82, 2.24) is 15.7 Å². The minimum atomic E-state index is -0.676. The first-order valence-electron chi connectivity index (χ1n) is 11.5. The number of nitrogens with two attached hydrogens (primary N) is 1. The summed E-state index contributed by atoms with van der Waals surface area (Å²) in [5, 5.41) is 11.5. The number of hydrogen-bond acceptors (Lipinski definition) is 7. The first-order chi connectivity index (χ1) is 15.9. The summed E-state index contributed by atoms with van der Waals surface area (Å²) in [6.07, 6.45) is 4.62. The Kier molecular flexibility index (Phi) is 12.0. The summed E-state index contributed by atoms with van der Waals surface area (Å²) in [6.45, 7) is 1.08. The highest BCUT2D eigenvalue weighted by molar-refractivity contribution is 8.21. The van der Waals surface area contributed by atoms with Gasteiger partial charge in [0, 0.05) is 37.4 Å². The van der Waals surface area contributed by atoms with E-state index in [-0.39, 0.29) is 34.2 Å². The van der Waals surface area contributed by atoms with Crippen molar-refractivity contribution >= 4 is 53.7 Å². The van der Waals surface area contributed by atoms with Crippen LogP contribution in [0.5, 0.6) is 0 Å². The van der Waals surface area contributed by atoms with Gasteiger partial charge in [0.2, 0.25) is 17.7 Å². The normalized spacial score (nSPS) is 19.5. The Morgan fingerprint density at radius 1 is 1.12 bits per heavy atom. The van der Waals surface area contributed by atoms with Gasteiger partial charge in [-0.05, 0) is 24.8 Å². The smallest absolute Gasteiger partial charge is 0.243 e. The molecular formula is C23H35ClN4O4S2. The quantitative estimate of drug-likeness (QED) is 0.196. The Morgan fingerprint density at radius 2 is 1.79 bits per heavy atom. The molecule has 1 spiro atoms. The molecule has 0 aliphatic carbocycles. The van der Waals surface area contributed by atoms with Crippen LogP contribution in [0, 0.1) is 0 Å². The number of rotatable bonds is 11. The molecule has 0 aromatic heterocycles. The van der Waals surface area contributed by atoms with Crippen molar-refractivity contribution in [2.45, 2.75) is 61.1 Å². The Balaban J connectivity index is 0.00000408. The number of hydrogen-bond donors (Lipinski definition) is 4. The molecule has 1 aromatic carbocycles. The summed E-state index contributed by atoms with van der Waals surface area (Å²) >= 11 is 3.70. The number of thioether (sulfide) groups is 2. The number of unbranched alkanes of at least 4 members (excludes halogenated alkanes) is 3. The molecule has 2 aliphatic rings. The summed E-state index contributed by atoms with van der Waals surface area (Å²) in [7, 11) is 0. The summed E-state index contributed by atoms with van der Waals surface area (Å²) < 4.78 is -0.114. The van der Waals surface area contributed by atoms with Crippen molar-refractivity contribution in [3.05, 3.63) is 35.9 Å². The molecule has 11 heteroatoms. The van der Waals surface area contributed by atoms with Gasteiger partial charge in [0.05, 0.1) is 10.1 Å². The molecule has 2 atom stereocenters. The van der Waals surface area contributed by atoms with Crippen LogP contribution in [-0.2, 0) is 20.8 Å². The van der Waals surface area contributed by atoms with Crippen molar-refractivity contribution in [1.29, 1.82) is 0 Å². The molecule has 0 radical (unpaired) electrons. The highest BCUT2D eigenvalue weighted by Gasteiger charge is 2.51. The highest BCUT2D eigenvalue weighted by Crippen LogP contribution is 2.51. The van der Waals surface area contributed by atoms with Gasteiger partial charge in [0.25, 0.3) is 0 Å². The van der Waals surface area contributed by atoms with Crippen molar-refractivity contribution in [3.8, 4) is 0 Å². The summed E-state index contributed by atoms with van der Waals surface area (Å²) in [5.41, 5.74) is 8.93. The van der Waals surface area contributed by atoms with E-state index in [1.54, 1.807) is 10.4 Å². The minimum absolute atomic E-state index is 0. The van der Waals surface area contributed by atoms with Gasteiger partial charge in [-0.3, -0.25) is 19.6 Å². The fourth-order valence-corrected chi connectivity index (χ4v) is 7.58. The van der Waals surface area contributed by atoms with Crippen LogP contribution in [0.25, 0.3) is 0 Å². The molecular weight excluding hydrogens is 496 g/mol. The van der Waals surface area contributed by atoms with E-state index in [0.29, 0.717) is 38.8 Å². The monoisotopic (exact) mass is 530 g/mol. The predicted molar refractivity (Wildman–Crippen MR) is 139 cm³/mol. The van der Waals surface area contributed by atoms with Crippen molar-refractivity contribution in [2.75, 3.05) is 24.6 Å². The number of carbonyl (C=O) groups excluding carboxylic acids is 3. The van der Waals surface area contributed by atoms with Gasteiger partial charge in [0.15, 0.2) is 0 Å². The van der Waals surface area contributed by atoms with Gasteiger partial charge in [0.1, 0.15) is 6.04 Å². The highest BCUT2D eigenvalue weighted by atomic mass is 35.5. The third kappa shape index (κ3) is 8.05. The number of benzene rings is 1. The second-order valence-electron chi connectivity index (χ2n) is 8.58. The van der Waals surface area contributed by atoms with Gasteiger partial charge in [-0.2, -0.15) is 0 Å². The zero-order valence-electron chi connectivity index (χ0n) is 19.2. The van der Waals surface area contributed by atoms with Crippen LogP contribution in [0.2, 0.25) is 0 Å². The zero-order valence-corrected chi connectivity index (χ0v) is 21.7. The standard InChI is InChI=1S/C23H34N4O4S2.ClH/c24-18(14-17-8-4-3-5-9-17)22(30)27-16-23(32-12-13-33-23)15-19(27)21(29)25-11-7-2-1-6-10-20(28)26-31;/h3-5,8-9,18-19,31H,1-2,6-7,10-16,24H2,(H,25,29)(H,26,28);1H/t18-,19-;/m0./s1. The van der Waals surface area contributed by atoms with Crippen molar-refractivity contribution < 1.29 is 19.6 Å². The number of nitrogens with zero attached hydrogens (tertiary/aromatic N) is 1. The van der Waals surface area contributed by atoms with Crippen LogP contribution < -0.4 is 16.5 Å². The van der Waals surface area contributed by atoms with E-state index in [9.17, 15) is 14.4 Å². The van der Waals surface area contributed by atoms with Crippen LogP contribution in [0.1, 0.15) is 44.1 Å². The van der Waals surface area contributed by atoms with Crippen LogP contribution >= 0.6 is 35.9 Å². The molecule has 5 N–H and O–H groups in total. The Morgan fingerprint density at radius 3 is 2.47 bits per heavy atom. The lowest BCUT2D eigenvalue weighted by molar-refractivity contribution is -0.139. The molecule has 8 nitrogen and oxygen atoms in total. The lowest BCUT2D eigenvalue weighted by Crippen LogP contribution is -2.52. The van der Waals surface area contributed by atoms with E-state index in [4.69, 9.17) is 10.9 Å². The zero-order chi connectivity index (χ0) is 23.7. The van der Waals surface area contributed by atoms with E-state index in [0.717, 1.165) is 36.3 Å². The molecule has 0 bridgehead atoms. The first kappa shape index (κ1) is 28.8. The predicted octanol–water partition coefficient (Wildman–Crippen LogP) is 2.33. The maximum Gasteiger partial charge on any atom is 0.243 e. The van der Waals surface area contributed by atoms with Crippen LogP contribution in [-0.4, -0.2) is 68.6 Å². The topological polar surface area (TPSA) is 125 Å². The van der Waals surface area contributed by atoms with Gasteiger partial charge in [-0.15, -0.1) is 35.9 Å². The van der Waals surface area contributed by atoms with E-state index in [1.165, 1.54) is 0 Å². The lowest BCUT2D eigenvalue weighted by atomic mass is 10.1. The average Bonchev–Trinajstić information content (AvgIpc) is 3.45. The number of carbonyl (C=O) groups is 3. The molecule has 0 unspecified atom stereocenters. The number of amides is 3. The van der Waals surface area contributed by atoms with Gasteiger partial charge >= 0.3 is 0 Å². The van der Waals surface area contributed by atoms with E-state index in [2.05, 4.69) is 5.32 Å². The third-order valence-electron chi connectivity index (χ3n) is 6.06. The fourth-order valence-electron chi connectivity index (χ4n) is 4.33. The molecule has 2 fully saturated rings. The van der Waals surface area contributed by atoms with Gasteiger partial charge < -0.3 is 16.0 Å². The Hall–Kier alpha value is -1.46. The van der Waals surface area contributed by atoms with Crippen LogP contribution in [0.15, 0.2) is 30.3 Å². The van der Waals surface area contributed by atoms with Gasteiger partial charge in [-0.1, -0.05) is 43.2 Å². The maximum atomic E-state index is 13.3. The molecule has 2 saturated heterocycles. The lowest BCUT2D eigenvalue weighted by Gasteiger charge is -2.27. The second kappa shape index (κ2) is 14.2. The first-order valence-corrected chi connectivity index (χ1v) is 13.5. The summed E-state index contributed by atoms with van der Waals surface area (Å²) in [4.78, 5) is 39.1. The molecule has 2 aliphatic heterocycles. The van der Waals surface area contributed by atoms with Crippen LogP contribution in [0.4, 0.5) is 0 Å². The SMILES string of the molecule is Cl.N[C@@H](Cc1ccccc1)C(=O)N1CC2(C[C@H]1C(=O)NCCCCCCC(=O)NO)SCCS2. The van der Waals surface area contributed by atoms with Gasteiger partial charge in [-0.25, -0.2) is 5.48 Å². The molecule has 3 rings (SSSR count). The Labute approximate surface area is 215 Å². The molecule has 3 amide bonds. The number of hydroxylamine groups is 1. The maximum absolute atomic E-state index is 13.3. The van der Waals surface area contributed by atoms with E-state index >= 15 is 0 Å². The molecule has 1 aromatic rings. The van der Waals surface area contributed by atoms with E-state index in [1.807, 2.05) is 53.9 Å². The molecule has 34 heavy (non-hydrogen) atoms. The number of halogens is 1. The molecule has 2 heterocycles. The largest absolute Gasteiger partial charge is 0.354 e. The summed E-state index contributed by atoms with van der Waals surface area (Å²) in [6, 6.07) is 8.54. The average molecular weight is 531 g/mol. The number of nitrogens with one attached hydrogen (secondary N) is 2. The van der Waals surface area contributed by atoms with Crippen molar-refractivity contribution in [3.63, 3.8) is 0 Å². The number of likely N-dealkylation sites (tertiary alicyclic amines) is 1. The fraction of sp³-hybridized carbons (Fsp3) is 0.609.